The third-order valence-electron chi connectivity index (χ3n) is 5.13. The number of hydrogen-bond donors (Lipinski definition) is 2. The number of thiazole rings is 1. The van der Waals surface area contributed by atoms with E-state index in [1.54, 1.807) is 11.3 Å². The van der Waals surface area contributed by atoms with Crippen LogP contribution in [-0.4, -0.2) is 43.7 Å². The van der Waals surface area contributed by atoms with Gasteiger partial charge in [-0.15, -0.1) is 11.3 Å². The van der Waals surface area contributed by atoms with Gasteiger partial charge in [-0.1, -0.05) is 42.5 Å². The van der Waals surface area contributed by atoms with Crippen molar-refractivity contribution in [2.45, 2.75) is 18.9 Å². The van der Waals surface area contributed by atoms with Crippen LogP contribution in [0, 0.1) is 0 Å². The van der Waals surface area contributed by atoms with E-state index in [1.807, 2.05) is 36.4 Å². The van der Waals surface area contributed by atoms with Gasteiger partial charge in [0.25, 0.3) is 0 Å². The van der Waals surface area contributed by atoms with E-state index in [0.717, 1.165) is 48.9 Å². The van der Waals surface area contributed by atoms with Crippen LogP contribution in [-0.2, 0) is 16.0 Å². The van der Waals surface area contributed by atoms with E-state index in [4.69, 9.17) is 4.74 Å². The SMILES string of the molecule is O=C(CCc1nc2ccccc2s1)N[C@H](C[NH+]1CCOCC1)c1ccccc1. The Labute approximate surface area is 169 Å². The van der Waals surface area contributed by atoms with Crippen LogP contribution < -0.4 is 10.2 Å². The number of fused-ring (bicyclic) bond motifs is 1. The summed E-state index contributed by atoms with van der Waals surface area (Å²) in [5.41, 5.74) is 2.18. The van der Waals surface area contributed by atoms with Crippen molar-refractivity contribution in [1.82, 2.24) is 10.3 Å². The number of nitrogens with one attached hydrogen (secondary N) is 2. The molecule has 6 heteroatoms. The molecule has 28 heavy (non-hydrogen) atoms. The van der Waals surface area contributed by atoms with Crippen LogP contribution >= 0.6 is 11.3 Å². The molecule has 146 valence electrons. The van der Waals surface area contributed by atoms with Crippen molar-refractivity contribution in [2.24, 2.45) is 0 Å². The predicted molar refractivity (Wildman–Crippen MR) is 112 cm³/mol. The number of quaternary nitrogens is 1. The lowest BCUT2D eigenvalue weighted by Crippen LogP contribution is -3.14. The van der Waals surface area contributed by atoms with Crippen molar-refractivity contribution in [3.63, 3.8) is 0 Å². The minimum atomic E-state index is 0.0252. The van der Waals surface area contributed by atoms with Crippen molar-refractivity contribution < 1.29 is 14.4 Å². The molecule has 1 amide bonds. The summed E-state index contributed by atoms with van der Waals surface area (Å²) < 4.78 is 6.64. The number of para-hydroxylation sites is 1. The third kappa shape index (κ3) is 4.95. The molecular weight excluding hydrogens is 370 g/mol. The summed E-state index contributed by atoms with van der Waals surface area (Å²) in [4.78, 5) is 18.8. The Balaban J connectivity index is 1.38. The normalized spacial score (nSPS) is 16.1. The maximum absolute atomic E-state index is 12.7. The summed E-state index contributed by atoms with van der Waals surface area (Å²) in [6.07, 6.45) is 1.14. The minimum absolute atomic E-state index is 0.0252. The van der Waals surface area contributed by atoms with Gasteiger partial charge in [-0.05, 0) is 17.7 Å². The third-order valence-corrected chi connectivity index (χ3v) is 6.23. The molecule has 0 bridgehead atoms. The molecule has 1 fully saturated rings. The van der Waals surface area contributed by atoms with Gasteiger partial charge in [0.15, 0.2) is 0 Å². The van der Waals surface area contributed by atoms with Crippen LogP contribution in [0.5, 0.6) is 0 Å². The van der Waals surface area contributed by atoms with Crippen molar-refractivity contribution in [2.75, 3.05) is 32.8 Å². The van der Waals surface area contributed by atoms with E-state index in [2.05, 4.69) is 28.5 Å². The monoisotopic (exact) mass is 396 g/mol. The van der Waals surface area contributed by atoms with E-state index in [9.17, 15) is 4.79 Å². The molecule has 1 atom stereocenters. The molecule has 0 spiro atoms. The van der Waals surface area contributed by atoms with Crippen molar-refractivity contribution >= 4 is 27.5 Å². The number of aromatic nitrogens is 1. The molecule has 1 saturated heterocycles. The summed E-state index contributed by atoms with van der Waals surface area (Å²) >= 11 is 1.67. The van der Waals surface area contributed by atoms with Gasteiger partial charge in [-0.2, -0.15) is 0 Å². The number of amides is 1. The molecule has 2 aromatic carbocycles. The first-order chi connectivity index (χ1) is 13.8. The number of carbonyl (C=O) groups is 1. The number of hydrogen-bond acceptors (Lipinski definition) is 4. The molecule has 1 aromatic heterocycles. The van der Waals surface area contributed by atoms with Gasteiger partial charge in [-0.3, -0.25) is 4.79 Å². The summed E-state index contributed by atoms with van der Waals surface area (Å²) in [7, 11) is 0. The molecule has 5 nitrogen and oxygen atoms in total. The van der Waals surface area contributed by atoms with Crippen LogP contribution in [0.4, 0.5) is 0 Å². The predicted octanol–water partition coefficient (Wildman–Crippen LogP) is 2.00. The Morgan fingerprint density at radius 3 is 2.64 bits per heavy atom. The Morgan fingerprint density at radius 1 is 1.11 bits per heavy atom. The average molecular weight is 397 g/mol. The summed E-state index contributed by atoms with van der Waals surface area (Å²) in [5.74, 6) is 0.0840. The molecular formula is C22H26N3O2S+. The lowest BCUT2D eigenvalue weighted by Gasteiger charge is -2.28. The fourth-order valence-electron chi connectivity index (χ4n) is 3.60. The maximum atomic E-state index is 12.7. The van der Waals surface area contributed by atoms with Gasteiger partial charge in [0, 0.05) is 12.8 Å². The number of rotatable bonds is 7. The quantitative estimate of drug-likeness (QED) is 0.642. The van der Waals surface area contributed by atoms with Gasteiger partial charge in [-0.25, -0.2) is 4.98 Å². The number of benzene rings is 2. The number of nitrogens with zero attached hydrogens (tertiary/aromatic N) is 1. The van der Waals surface area contributed by atoms with Gasteiger partial charge in [0.05, 0.1) is 28.4 Å². The molecule has 0 unspecified atom stereocenters. The summed E-state index contributed by atoms with van der Waals surface area (Å²) in [6.45, 7) is 4.46. The molecule has 3 aromatic rings. The number of carbonyl (C=O) groups excluding carboxylic acids is 1. The number of aryl methyl sites for hydroxylation is 1. The fraction of sp³-hybridized carbons (Fsp3) is 0.364. The zero-order chi connectivity index (χ0) is 19.2. The standard InChI is InChI=1S/C22H25N3O2S/c26-21(10-11-22-24-18-8-4-5-9-20(18)28-22)23-19(17-6-2-1-3-7-17)16-25-12-14-27-15-13-25/h1-9,19H,10-16H2,(H,23,26)/p+1/t19-/m1/s1. The first-order valence-electron chi connectivity index (χ1n) is 9.88. The molecule has 2 N–H and O–H groups in total. The Morgan fingerprint density at radius 2 is 1.86 bits per heavy atom. The maximum Gasteiger partial charge on any atom is 0.221 e. The lowest BCUT2D eigenvalue weighted by atomic mass is 10.1. The zero-order valence-electron chi connectivity index (χ0n) is 15.9. The fourth-order valence-corrected chi connectivity index (χ4v) is 4.57. The highest BCUT2D eigenvalue weighted by Crippen LogP contribution is 2.22. The number of morpholine rings is 1. The van der Waals surface area contributed by atoms with Gasteiger partial charge >= 0.3 is 0 Å². The smallest absolute Gasteiger partial charge is 0.221 e. The molecule has 4 rings (SSSR count). The van der Waals surface area contributed by atoms with E-state index in [-0.39, 0.29) is 11.9 Å². The van der Waals surface area contributed by atoms with Crippen molar-refractivity contribution in [3.05, 3.63) is 65.2 Å². The van der Waals surface area contributed by atoms with Crippen LogP contribution in [0.3, 0.4) is 0 Å². The zero-order valence-corrected chi connectivity index (χ0v) is 16.7. The van der Waals surface area contributed by atoms with E-state index < -0.39 is 0 Å². The first-order valence-corrected chi connectivity index (χ1v) is 10.7. The second-order valence-corrected chi connectivity index (χ2v) is 8.29. The van der Waals surface area contributed by atoms with E-state index in [1.165, 1.54) is 9.60 Å². The molecule has 0 radical (unpaired) electrons. The lowest BCUT2D eigenvalue weighted by molar-refractivity contribution is -0.909. The summed E-state index contributed by atoms with van der Waals surface area (Å²) in [6, 6.07) is 18.4. The molecule has 2 heterocycles. The Bertz CT molecular complexity index is 873. The van der Waals surface area contributed by atoms with Gasteiger partial charge in [0.1, 0.15) is 25.7 Å². The Kier molecular flexibility index (Phi) is 6.31. The topological polar surface area (TPSA) is 55.7 Å². The second kappa shape index (κ2) is 9.28. The van der Waals surface area contributed by atoms with Crippen molar-refractivity contribution in [1.29, 1.82) is 0 Å². The number of ether oxygens (including phenoxy) is 1. The molecule has 1 aliphatic rings. The van der Waals surface area contributed by atoms with Crippen LogP contribution in [0.15, 0.2) is 54.6 Å². The van der Waals surface area contributed by atoms with E-state index >= 15 is 0 Å². The highest BCUT2D eigenvalue weighted by Gasteiger charge is 2.23. The first kappa shape index (κ1) is 19.1. The van der Waals surface area contributed by atoms with Crippen LogP contribution in [0.2, 0.25) is 0 Å². The highest BCUT2D eigenvalue weighted by molar-refractivity contribution is 7.18. The van der Waals surface area contributed by atoms with Gasteiger partial charge < -0.3 is 15.0 Å². The molecule has 0 saturated carbocycles. The van der Waals surface area contributed by atoms with Gasteiger partial charge in [0.2, 0.25) is 5.91 Å². The molecule has 1 aliphatic heterocycles. The van der Waals surface area contributed by atoms with E-state index in [0.29, 0.717) is 12.8 Å². The van der Waals surface area contributed by atoms with Crippen LogP contribution in [0.1, 0.15) is 23.0 Å². The van der Waals surface area contributed by atoms with Crippen LogP contribution in [0.25, 0.3) is 10.2 Å². The Hall–Kier alpha value is -2.28. The summed E-state index contributed by atoms with van der Waals surface area (Å²) in [5, 5.41) is 4.28. The minimum Gasteiger partial charge on any atom is -0.370 e. The second-order valence-electron chi connectivity index (χ2n) is 7.17. The largest absolute Gasteiger partial charge is 0.370 e. The molecule has 0 aliphatic carbocycles. The van der Waals surface area contributed by atoms with Crippen molar-refractivity contribution in [3.8, 4) is 0 Å². The average Bonchev–Trinajstić information content (AvgIpc) is 3.16. The highest BCUT2D eigenvalue weighted by atomic mass is 32.1.